The highest BCUT2D eigenvalue weighted by Crippen LogP contribution is 2.37. The highest BCUT2D eigenvalue weighted by molar-refractivity contribution is 6.99. The molecule has 2 N–H and O–H groups in total. The van der Waals surface area contributed by atoms with Crippen molar-refractivity contribution in [2.75, 3.05) is 13.2 Å². The van der Waals surface area contributed by atoms with Gasteiger partial charge in [0.1, 0.15) is 0 Å². The maximum absolute atomic E-state index is 13.1. The van der Waals surface area contributed by atoms with Crippen LogP contribution in [-0.2, 0) is 20.5 Å². The van der Waals surface area contributed by atoms with E-state index in [0.29, 0.717) is 51.1 Å². The number of unbranched alkanes of at least 4 members (excludes halogenated alkanes) is 1. The molecule has 52 heavy (non-hydrogen) atoms. The zero-order valence-electron chi connectivity index (χ0n) is 31.4. The number of ether oxygens (including phenoxy) is 2. The minimum Gasteiger partial charge on any atom is -0.445 e. The van der Waals surface area contributed by atoms with Gasteiger partial charge in [-0.25, -0.2) is 4.79 Å². The summed E-state index contributed by atoms with van der Waals surface area (Å²) in [5, 5.41) is 24.4. The van der Waals surface area contributed by atoms with Gasteiger partial charge in [0.2, 0.25) is 0 Å². The van der Waals surface area contributed by atoms with Crippen molar-refractivity contribution in [2.24, 2.45) is 11.8 Å². The first kappa shape index (κ1) is 40.7. The average molecular weight is 721 g/mol. The summed E-state index contributed by atoms with van der Waals surface area (Å²) in [6, 6.07) is 39.7. The van der Waals surface area contributed by atoms with Crippen molar-refractivity contribution in [3.05, 3.63) is 132 Å². The van der Waals surface area contributed by atoms with Crippen LogP contribution in [-0.4, -0.2) is 56.0 Å². The Hall–Kier alpha value is -4.03. The lowest BCUT2D eigenvalue weighted by atomic mass is 9.95. The van der Waals surface area contributed by atoms with Gasteiger partial charge in [0, 0.05) is 24.9 Å². The molecule has 0 saturated carbocycles. The van der Waals surface area contributed by atoms with Gasteiger partial charge < -0.3 is 24.1 Å². The molecule has 0 fully saturated rings. The van der Waals surface area contributed by atoms with Gasteiger partial charge in [-0.15, -0.1) is 0 Å². The molecule has 5 atom stereocenters. The maximum Gasteiger partial charge on any atom is 0.339 e. The highest BCUT2D eigenvalue weighted by atomic mass is 28.4. The molecule has 7 heteroatoms. The lowest BCUT2D eigenvalue weighted by Gasteiger charge is -2.43. The summed E-state index contributed by atoms with van der Waals surface area (Å²) in [6.45, 7) is 11.9. The molecule has 0 aliphatic carbocycles. The quantitative estimate of drug-likeness (QED) is 0.0478. The fraction of sp³-hybridized carbons (Fsp3) is 0.400. The Balaban J connectivity index is 1.39. The summed E-state index contributed by atoms with van der Waals surface area (Å²) in [5.41, 5.74) is 1.53. The summed E-state index contributed by atoms with van der Waals surface area (Å²) < 4.78 is 18.8. The number of esters is 1. The van der Waals surface area contributed by atoms with Crippen molar-refractivity contribution >= 4 is 24.7 Å². The van der Waals surface area contributed by atoms with E-state index in [4.69, 9.17) is 13.9 Å². The first-order valence-electron chi connectivity index (χ1n) is 18.5. The van der Waals surface area contributed by atoms with Crippen LogP contribution in [0.3, 0.4) is 0 Å². The fourth-order valence-corrected chi connectivity index (χ4v) is 11.1. The van der Waals surface area contributed by atoms with Crippen LogP contribution in [0.15, 0.2) is 121 Å². The van der Waals surface area contributed by atoms with Crippen molar-refractivity contribution in [1.82, 2.24) is 0 Å². The Morgan fingerprint density at radius 2 is 1.29 bits per heavy atom. The van der Waals surface area contributed by atoms with Gasteiger partial charge in [0.25, 0.3) is 8.32 Å². The number of carbonyl (C=O) groups excluding carboxylic acids is 1. The molecule has 0 spiro atoms. The van der Waals surface area contributed by atoms with E-state index in [1.54, 1.807) is 24.3 Å². The Bertz CT molecular complexity index is 1630. The SMILES string of the molecule is C[C@H]([C@H](O)CCO[Si](c1ccccc1)(c1ccccc1)C(C)(C)C)[C@@H](C#CCCC[C@@H](O)[C@H](C)COCc1ccccc1)OC(=O)c1ccccc1. The Labute approximate surface area is 312 Å². The first-order valence-corrected chi connectivity index (χ1v) is 20.4. The second-order valence-corrected chi connectivity index (χ2v) is 19.0. The first-order chi connectivity index (χ1) is 25.0. The third-order valence-corrected chi connectivity index (χ3v) is 14.7. The molecule has 0 unspecified atom stereocenters. The van der Waals surface area contributed by atoms with Gasteiger partial charge in [-0.2, -0.15) is 0 Å². The predicted molar refractivity (Wildman–Crippen MR) is 212 cm³/mol. The van der Waals surface area contributed by atoms with E-state index in [-0.39, 0.29) is 11.0 Å². The minimum atomic E-state index is -2.77. The predicted octanol–water partition coefficient (Wildman–Crippen LogP) is 7.56. The molecule has 0 heterocycles. The number of aliphatic hydroxyl groups excluding tert-OH is 2. The molecule has 0 amide bonds. The number of carbonyl (C=O) groups is 1. The van der Waals surface area contributed by atoms with Crippen LogP contribution >= 0.6 is 0 Å². The lowest BCUT2D eigenvalue weighted by Crippen LogP contribution is -2.66. The van der Waals surface area contributed by atoms with Gasteiger partial charge in [0.05, 0.1) is 31.0 Å². The van der Waals surface area contributed by atoms with Crippen LogP contribution in [0.2, 0.25) is 5.04 Å². The number of hydrogen-bond donors (Lipinski definition) is 2. The molecule has 4 rings (SSSR count). The number of benzene rings is 4. The Morgan fingerprint density at radius 1 is 0.750 bits per heavy atom. The second kappa shape index (κ2) is 20.3. The molecular weight excluding hydrogens is 665 g/mol. The molecule has 0 bridgehead atoms. The normalized spacial score (nSPS) is 14.7. The topological polar surface area (TPSA) is 85.2 Å². The Morgan fingerprint density at radius 3 is 1.85 bits per heavy atom. The van der Waals surface area contributed by atoms with Crippen LogP contribution in [0, 0.1) is 23.7 Å². The van der Waals surface area contributed by atoms with Crippen LogP contribution in [0.5, 0.6) is 0 Å². The van der Waals surface area contributed by atoms with E-state index in [1.165, 1.54) is 10.4 Å². The smallest absolute Gasteiger partial charge is 0.339 e. The van der Waals surface area contributed by atoms with Crippen molar-refractivity contribution < 1.29 is 28.9 Å². The molecule has 4 aromatic rings. The summed E-state index contributed by atoms with van der Waals surface area (Å²) in [4.78, 5) is 13.1. The molecule has 0 radical (unpaired) electrons. The van der Waals surface area contributed by atoms with Crippen LogP contribution in [0.4, 0.5) is 0 Å². The molecule has 4 aromatic carbocycles. The maximum atomic E-state index is 13.1. The van der Waals surface area contributed by atoms with Gasteiger partial charge in [-0.3, -0.25) is 0 Å². The molecule has 0 aromatic heterocycles. The van der Waals surface area contributed by atoms with E-state index in [2.05, 4.69) is 81.1 Å². The molecule has 276 valence electrons. The third-order valence-electron chi connectivity index (χ3n) is 9.67. The number of aliphatic hydroxyl groups is 2. The monoisotopic (exact) mass is 720 g/mol. The standard InChI is InChI=1S/C45H56O6Si/c1-35(33-49-34-37-21-11-6-12-22-37)41(46)29-19-10-20-30-43(51-44(48)38-23-13-7-14-24-38)36(2)42(47)31-32-50-52(45(3,4)5,39-25-15-8-16-26-39)40-27-17-9-18-28-40/h6-9,11-18,21-28,35-36,41-43,46-47H,10,19,29,31-34H2,1-5H3/t35-,36-,41-,42-,43-/m1/s1. The van der Waals surface area contributed by atoms with Crippen molar-refractivity contribution in [3.8, 4) is 11.8 Å². The van der Waals surface area contributed by atoms with Gasteiger partial charge in [-0.05, 0) is 52.4 Å². The van der Waals surface area contributed by atoms with E-state index in [0.717, 1.165) is 5.56 Å². The second-order valence-electron chi connectivity index (χ2n) is 14.7. The summed E-state index contributed by atoms with van der Waals surface area (Å²) in [6.07, 6.45) is -0.0425. The van der Waals surface area contributed by atoms with E-state index in [1.807, 2.05) is 62.4 Å². The fourth-order valence-electron chi connectivity index (χ4n) is 6.49. The van der Waals surface area contributed by atoms with Crippen LogP contribution < -0.4 is 10.4 Å². The van der Waals surface area contributed by atoms with Crippen molar-refractivity contribution in [1.29, 1.82) is 0 Å². The largest absolute Gasteiger partial charge is 0.445 e. The number of rotatable bonds is 18. The minimum absolute atomic E-state index is 0.0162. The van der Waals surface area contributed by atoms with Crippen molar-refractivity contribution in [2.45, 2.75) is 90.3 Å². The van der Waals surface area contributed by atoms with Crippen molar-refractivity contribution in [3.63, 3.8) is 0 Å². The summed E-state index contributed by atoms with van der Waals surface area (Å²) in [5.74, 6) is 5.35. The molecular formula is C45H56O6Si. The van der Waals surface area contributed by atoms with Gasteiger partial charge in [-0.1, -0.05) is 156 Å². The average Bonchev–Trinajstić information content (AvgIpc) is 3.16. The molecule has 6 nitrogen and oxygen atoms in total. The van der Waals surface area contributed by atoms with E-state index >= 15 is 0 Å². The van der Waals surface area contributed by atoms with Crippen LogP contribution in [0.25, 0.3) is 0 Å². The molecule has 0 saturated heterocycles. The molecule has 0 aliphatic heterocycles. The van der Waals surface area contributed by atoms with E-state index in [9.17, 15) is 15.0 Å². The molecule has 0 aliphatic rings. The zero-order chi connectivity index (χ0) is 37.4. The third kappa shape index (κ3) is 11.5. The van der Waals surface area contributed by atoms with Crippen LogP contribution in [0.1, 0.15) is 76.2 Å². The Kier molecular flexibility index (Phi) is 15.9. The van der Waals surface area contributed by atoms with Gasteiger partial charge >= 0.3 is 5.97 Å². The van der Waals surface area contributed by atoms with Gasteiger partial charge in [0.15, 0.2) is 6.10 Å². The summed E-state index contributed by atoms with van der Waals surface area (Å²) in [7, 11) is -2.77. The summed E-state index contributed by atoms with van der Waals surface area (Å²) >= 11 is 0. The highest BCUT2D eigenvalue weighted by Gasteiger charge is 2.50. The number of hydrogen-bond acceptors (Lipinski definition) is 6. The van der Waals surface area contributed by atoms with E-state index < -0.39 is 38.5 Å². The zero-order valence-corrected chi connectivity index (χ0v) is 32.4. The lowest BCUT2D eigenvalue weighted by molar-refractivity contribution is 0.00128.